The monoisotopic (exact) mass is 311 g/mol. The van der Waals surface area contributed by atoms with E-state index in [1.54, 1.807) is 14.2 Å². The average molecular weight is 311 g/mol. The van der Waals surface area contributed by atoms with Gasteiger partial charge in [0.25, 0.3) is 0 Å². The molecule has 1 aliphatic rings. The molecule has 0 amide bonds. The number of nitrogens with one attached hydrogen (secondary N) is 1. The summed E-state index contributed by atoms with van der Waals surface area (Å²) in [6, 6.07) is 12.9. The third kappa shape index (κ3) is 3.29. The van der Waals surface area contributed by atoms with Crippen molar-refractivity contribution in [3.63, 3.8) is 0 Å². The number of anilines is 1. The van der Waals surface area contributed by atoms with Gasteiger partial charge in [-0.15, -0.1) is 0 Å². The Hall–Kier alpha value is -2.16. The van der Waals surface area contributed by atoms with E-state index in [4.69, 9.17) is 9.47 Å². The third-order valence-electron chi connectivity index (χ3n) is 4.71. The maximum Gasteiger partial charge on any atom is 0.120 e. The van der Waals surface area contributed by atoms with Crippen molar-refractivity contribution in [1.82, 2.24) is 0 Å². The normalized spacial score (nSPS) is 16.6. The highest BCUT2D eigenvalue weighted by molar-refractivity contribution is 5.57. The lowest BCUT2D eigenvalue weighted by Gasteiger charge is -2.27. The van der Waals surface area contributed by atoms with Gasteiger partial charge in [0.1, 0.15) is 11.5 Å². The molecule has 0 aliphatic heterocycles. The Morgan fingerprint density at radius 3 is 2.48 bits per heavy atom. The van der Waals surface area contributed by atoms with Crippen molar-refractivity contribution in [2.45, 2.75) is 32.1 Å². The van der Waals surface area contributed by atoms with Gasteiger partial charge in [-0.3, -0.25) is 0 Å². The molecular formula is C20H25NO2. The largest absolute Gasteiger partial charge is 0.497 e. The van der Waals surface area contributed by atoms with E-state index in [2.05, 4.69) is 48.6 Å². The molecule has 3 nitrogen and oxygen atoms in total. The zero-order chi connectivity index (χ0) is 16.2. The minimum atomic E-state index is 0.552. The molecule has 0 fully saturated rings. The molecule has 0 aromatic heterocycles. The van der Waals surface area contributed by atoms with Gasteiger partial charge >= 0.3 is 0 Å². The average Bonchev–Trinajstić information content (AvgIpc) is 2.61. The fourth-order valence-corrected chi connectivity index (χ4v) is 3.49. The van der Waals surface area contributed by atoms with Crippen molar-refractivity contribution in [3.05, 3.63) is 53.1 Å². The molecule has 3 heteroatoms. The van der Waals surface area contributed by atoms with Gasteiger partial charge in [0.2, 0.25) is 0 Å². The van der Waals surface area contributed by atoms with E-state index < -0.39 is 0 Å². The zero-order valence-corrected chi connectivity index (χ0v) is 14.2. The van der Waals surface area contributed by atoms with Gasteiger partial charge in [0.15, 0.2) is 0 Å². The Morgan fingerprint density at radius 2 is 1.74 bits per heavy atom. The molecule has 23 heavy (non-hydrogen) atoms. The maximum atomic E-state index is 5.37. The Kier molecular flexibility index (Phi) is 4.75. The molecule has 1 N–H and O–H groups in total. The van der Waals surface area contributed by atoms with Gasteiger partial charge < -0.3 is 14.8 Å². The maximum absolute atomic E-state index is 5.37. The molecule has 0 heterocycles. The number of hydrogen-bond donors (Lipinski definition) is 1. The number of fused-ring (bicyclic) bond motifs is 1. The number of rotatable bonds is 5. The fourth-order valence-electron chi connectivity index (χ4n) is 3.49. The van der Waals surface area contributed by atoms with Gasteiger partial charge in [-0.1, -0.05) is 12.1 Å². The summed E-state index contributed by atoms with van der Waals surface area (Å²) in [6.45, 7) is 3.05. The summed E-state index contributed by atoms with van der Waals surface area (Å²) < 4.78 is 10.7. The molecule has 0 saturated carbocycles. The predicted octanol–water partition coefficient (Wildman–Crippen LogP) is 4.41. The second kappa shape index (κ2) is 6.95. The van der Waals surface area contributed by atoms with Gasteiger partial charge in [0, 0.05) is 18.3 Å². The Morgan fingerprint density at radius 1 is 1.00 bits per heavy atom. The first kappa shape index (κ1) is 15.7. The van der Waals surface area contributed by atoms with Crippen LogP contribution in [0.15, 0.2) is 36.4 Å². The van der Waals surface area contributed by atoms with Crippen LogP contribution in [-0.2, 0) is 12.8 Å². The number of ether oxygens (including phenoxy) is 2. The molecule has 0 radical (unpaired) electrons. The Bertz CT molecular complexity index is 681. The lowest BCUT2D eigenvalue weighted by molar-refractivity contribution is 0.413. The summed E-state index contributed by atoms with van der Waals surface area (Å²) in [7, 11) is 3.45. The van der Waals surface area contributed by atoms with Crippen molar-refractivity contribution in [2.24, 2.45) is 0 Å². The molecule has 1 aliphatic carbocycles. The first-order valence-corrected chi connectivity index (χ1v) is 8.32. The van der Waals surface area contributed by atoms with Crippen LogP contribution in [-0.4, -0.2) is 20.8 Å². The summed E-state index contributed by atoms with van der Waals surface area (Å²) in [5.41, 5.74) is 5.47. The van der Waals surface area contributed by atoms with Crippen LogP contribution in [0.3, 0.4) is 0 Å². The Balaban J connectivity index is 1.88. The lowest BCUT2D eigenvalue weighted by atomic mass is 9.79. The second-order valence-electron chi connectivity index (χ2n) is 6.06. The van der Waals surface area contributed by atoms with Crippen LogP contribution in [0.5, 0.6) is 11.5 Å². The molecule has 0 saturated heterocycles. The van der Waals surface area contributed by atoms with Gasteiger partial charge in [-0.05, 0) is 67.0 Å². The fraction of sp³-hybridized carbons (Fsp3) is 0.400. The second-order valence-corrected chi connectivity index (χ2v) is 6.06. The summed E-state index contributed by atoms with van der Waals surface area (Å²) in [5.74, 6) is 2.42. The first-order chi connectivity index (χ1) is 11.2. The molecule has 1 atom stereocenters. The number of methoxy groups -OCH3 is 2. The summed E-state index contributed by atoms with van der Waals surface area (Å²) in [4.78, 5) is 0. The van der Waals surface area contributed by atoms with Crippen LogP contribution in [0.1, 0.15) is 36.0 Å². The summed E-state index contributed by atoms with van der Waals surface area (Å²) in [5, 5.41) is 3.49. The van der Waals surface area contributed by atoms with E-state index in [-0.39, 0.29) is 0 Å². The van der Waals surface area contributed by atoms with Gasteiger partial charge in [0.05, 0.1) is 14.2 Å². The number of hydrogen-bond acceptors (Lipinski definition) is 3. The van der Waals surface area contributed by atoms with Crippen LogP contribution in [0, 0.1) is 0 Å². The first-order valence-electron chi connectivity index (χ1n) is 8.32. The molecule has 0 spiro atoms. The third-order valence-corrected chi connectivity index (χ3v) is 4.71. The lowest BCUT2D eigenvalue weighted by Crippen LogP contribution is -2.15. The van der Waals surface area contributed by atoms with Crippen molar-refractivity contribution in [1.29, 1.82) is 0 Å². The number of aryl methyl sites for hydroxylation is 1. The van der Waals surface area contributed by atoms with Crippen LogP contribution >= 0.6 is 0 Å². The predicted molar refractivity (Wildman–Crippen MR) is 94.9 cm³/mol. The summed E-state index contributed by atoms with van der Waals surface area (Å²) in [6.07, 6.45) is 3.36. The highest BCUT2D eigenvalue weighted by Crippen LogP contribution is 2.38. The standard InChI is InChI=1S/C20H25NO2/c1-4-21-20-13-18(23-3)9-10-19(20)16-6-5-15-12-17(22-2)8-7-14(15)11-16/h7-10,12-13,16,21H,4-6,11H2,1-3H3. The Labute approximate surface area is 138 Å². The molecule has 3 rings (SSSR count). The van der Waals surface area contributed by atoms with Crippen LogP contribution < -0.4 is 14.8 Å². The van der Waals surface area contributed by atoms with Crippen molar-refractivity contribution in [2.75, 3.05) is 26.1 Å². The van der Waals surface area contributed by atoms with Gasteiger partial charge in [-0.25, -0.2) is 0 Å². The highest BCUT2D eigenvalue weighted by atomic mass is 16.5. The quantitative estimate of drug-likeness (QED) is 0.887. The van der Waals surface area contributed by atoms with E-state index in [0.717, 1.165) is 30.9 Å². The number of benzene rings is 2. The smallest absolute Gasteiger partial charge is 0.120 e. The van der Waals surface area contributed by atoms with Crippen LogP contribution in [0.4, 0.5) is 5.69 Å². The van der Waals surface area contributed by atoms with Crippen molar-refractivity contribution < 1.29 is 9.47 Å². The highest BCUT2D eigenvalue weighted by Gasteiger charge is 2.22. The van der Waals surface area contributed by atoms with E-state index in [0.29, 0.717) is 5.92 Å². The molecular weight excluding hydrogens is 286 g/mol. The topological polar surface area (TPSA) is 30.5 Å². The zero-order valence-electron chi connectivity index (χ0n) is 14.2. The van der Waals surface area contributed by atoms with Crippen molar-refractivity contribution in [3.8, 4) is 11.5 Å². The van der Waals surface area contributed by atoms with Crippen molar-refractivity contribution >= 4 is 5.69 Å². The minimum absolute atomic E-state index is 0.552. The van der Waals surface area contributed by atoms with E-state index in [1.807, 2.05) is 0 Å². The molecule has 1 unspecified atom stereocenters. The molecule has 122 valence electrons. The SMILES string of the molecule is CCNc1cc(OC)ccc1C1CCc2cc(OC)ccc2C1. The van der Waals surface area contributed by atoms with Gasteiger partial charge in [-0.2, -0.15) is 0 Å². The summed E-state index contributed by atoms with van der Waals surface area (Å²) >= 11 is 0. The molecule has 2 aromatic rings. The molecule has 0 bridgehead atoms. The van der Waals surface area contributed by atoms with Crippen LogP contribution in [0.25, 0.3) is 0 Å². The van der Waals surface area contributed by atoms with E-state index >= 15 is 0 Å². The van der Waals surface area contributed by atoms with E-state index in [9.17, 15) is 0 Å². The van der Waals surface area contributed by atoms with E-state index in [1.165, 1.54) is 28.8 Å². The van der Waals surface area contributed by atoms with Crippen LogP contribution in [0.2, 0.25) is 0 Å². The molecule has 2 aromatic carbocycles. The minimum Gasteiger partial charge on any atom is -0.497 e.